The van der Waals surface area contributed by atoms with Crippen molar-refractivity contribution in [2.45, 2.75) is 61.5 Å². The first-order chi connectivity index (χ1) is 18.5. The predicted octanol–water partition coefficient (Wildman–Crippen LogP) is 5.47. The van der Waals surface area contributed by atoms with Crippen LogP contribution in [0.3, 0.4) is 0 Å². The Morgan fingerprint density at radius 1 is 1.05 bits per heavy atom. The topological polar surface area (TPSA) is 83.5 Å². The Bertz CT molecular complexity index is 1530. The molecule has 0 spiro atoms. The number of nitrogens with one attached hydrogen (secondary N) is 1. The van der Waals surface area contributed by atoms with E-state index in [9.17, 15) is 22.7 Å². The molecule has 1 aliphatic carbocycles. The Hall–Kier alpha value is -3.13. The largest absolute Gasteiger partial charge is 0.389 e. The van der Waals surface area contributed by atoms with E-state index in [1.807, 2.05) is 43.3 Å². The molecule has 0 aromatic heterocycles. The van der Waals surface area contributed by atoms with Gasteiger partial charge in [0.1, 0.15) is 5.82 Å². The van der Waals surface area contributed by atoms with Crippen LogP contribution in [-0.4, -0.2) is 37.7 Å². The van der Waals surface area contributed by atoms with Crippen LogP contribution < -0.4 is 5.32 Å². The highest BCUT2D eigenvalue weighted by Crippen LogP contribution is 2.46. The first-order valence-electron chi connectivity index (χ1n) is 13.4. The Balaban J connectivity index is 1.65. The van der Waals surface area contributed by atoms with E-state index in [1.165, 1.54) is 18.4 Å². The van der Waals surface area contributed by atoms with E-state index in [-0.39, 0.29) is 22.5 Å². The van der Waals surface area contributed by atoms with Gasteiger partial charge in [0.15, 0.2) is 15.6 Å². The van der Waals surface area contributed by atoms with Gasteiger partial charge in [-0.1, -0.05) is 42.5 Å². The maximum absolute atomic E-state index is 13.8. The lowest BCUT2D eigenvalue weighted by molar-refractivity contribution is -0.117. The van der Waals surface area contributed by atoms with E-state index >= 15 is 0 Å². The summed E-state index contributed by atoms with van der Waals surface area (Å²) in [6.45, 7) is 2.39. The fourth-order valence-electron chi connectivity index (χ4n) is 6.17. The minimum absolute atomic E-state index is 0.0410. The lowest BCUT2D eigenvalue weighted by Gasteiger charge is -2.44. The van der Waals surface area contributed by atoms with Gasteiger partial charge in [-0.3, -0.25) is 4.79 Å². The predicted molar refractivity (Wildman–Crippen MR) is 151 cm³/mol. The normalized spacial score (nSPS) is 22.8. The molecule has 3 unspecified atom stereocenters. The van der Waals surface area contributed by atoms with Crippen molar-refractivity contribution in [3.05, 3.63) is 106 Å². The molecule has 3 aromatic carbocycles. The second kappa shape index (κ2) is 10.8. The van der Waals surface area contributed by atoms with Crippen molar-refractivity contribution < 1.29 is 22.7 Å². The molecule has 3 atom stereocenters. The zero-order valence-corrected chi connectivity index (χ0v) is 23.1. The van der Waals surface area contributed by atoms with Gasteiger partial charge in [-0.15, -0.1) is 0 Å². The number of aryl methyl sites for hydroxylation is 2. The molecule has 204 valence electrons. The SMILES string of the molecule is Cc1cc(F)ccc1C1CC(O)(C(C2=Cc3cc(S(C)(=O)=O)ccc3CCCC2=O)c2ccccc2)CCN1. The molecule has 2 aliphatic rings. The fourth-order valence-corrected chi connectivity index (χ4v) is 6.83. The zero-order chi connectivity index (χ0) is 27.8. The van der Waals surface area contributed by atoms with Crippen LogP contribution in [0, 0.1) is 12.7 Å². The number of halogens is 1. The Kier molecular flexibility index (Phi) is 7.60. The number of carbonyl (C=O) groups excluding carboxylic acids is 1. The van der Waals surface area contributed by atoms with E-state index in [0.29, 0.717) is 49.8 Å². The van der Waals surface area contributed by atoms with E-state index in [0.717, 1.165) is 22.3 Å². The van der Waals surface area contributed by atoms with Crippen molar-refractivity contribution in [3.8, 4) is 0 Å². The second-order valence-corrected chi connectivity index (χ2v) is 12.9. The van der Waals surface area contributed by atoms with Crippen LogP contribution in [0.5, 0.6) is 0 Å². The number of benzene rings is 3. The van der Waals surface area contributed by atoms with Crippen LogP contribution in [0.4, 0.5) is 4.39 Å². The minimum Gasteiger partial charge on any atom is -0.389 e. The van der Waals surface area contributed by atoms with Gasteiger partial charge in [-0.2, -0.15) is 0 Å². The number of hydrogen-bond acceptors (Lipinski definition) is 5. The van der Waals surface area contributed by atoms with Crippen molar-refractivity contribution in [1.82, 2.24) is 5.32 Å². The molecule has 2 N–H and O–H groups in total. The molecule has 1 fully saturated rings. The van der Waals surface area contributed by atoms with Crippen molar-refractivity contribution in [1.29, 1.82) is 0 Å². The molecule has 5 nitrogen and oxygen atoms in total. The second-order valence-electron chi connectivity index (χ2n) is 10.9. The van der Waals surface area contributed by atoms with E-state index < -0.39 is 21.4 Å². The number of carbonyl (C=O) groups is 1. The molecular formula is C32H34FNO4S. The summed E-state index contributed by atoms with van der Waals surface area (Å²) in [5, 5.41) is 15.9. The van der Waals surface area contributed by atoms with E-state index in [1.54, 1.807) is 24.3 Å². The Morgan fingerprint density at radius 3 is 2.54 bits per heavy atom. The van der Waals surface area contributed by atoms with Gasteiger partial charge in [0, 0.05) is 30.2 Å². The first kappa shape index (κ1) is 27.4. The number of Topliss-reactive ketones (excluding diaryl/α,β-unsaturated/α-hetero) is 1. The van der Waals surface area contributed by atoms with Crippen LogP contribution in [0.15, 0.2) is 77.2 Å². The third kappa shape index (κ3) is 5.76. The molecule has 1 heterocycles. The van der Waals surface area contributed by atoms with Gasteiger partial charge in [0.2, 0.25) is 0 Å². The number of aliphatic hydroxyl groups is 1. The number of rotatable bonds is 5. The average Bonchev–Trinajstić information content (AvgIpc) is 2.88. The number of piperidine rings is 1. The van der Waals surface area contributed by atoms with Gasteiger partial charge in [-0.05, 0) is 97.3 Å². The summed E-state index contributed by atoms with van der Waals surface area (Å²) in [6, 6.07) is 19.1. The van der Waals surface area contributed by atoms with E-state index in [2.05, 4.69) is 5.32 Å². The number of ketones is 1. The Morgan fingerprint density at radius 2 is 1.82 bits per heavy atom. The van der Waals surface area contributed by atoms with Crippen molar-refractivity contribution in [3.63, 3.8) is 0 Å². The molecule has 1 aliphatic heterocycles. The van der Waals surface area contributed by atoms with Crippen LogP contribution >= 0.6 is 0 Å². The zero-order valence-electron chi connectivity index (χ0n) is 22.3. The third-order valence-corrected chi connectivity index (χ3v) is 9.23. The quantitative estimate of drug-likeness (QED) is 0.443. The highest BCUT2D eigenvalue weighted by atomic mass is 32.2. The number of sulfone groups is 1. The minimum atomic E-state index is -3.44. The molecule has 0 amide bonds. The molecule has 7 heteroatoms. The molecular weight excluding hydrogens is 513 g/mol. The molecule has 39 heavy (non-hydrogen) atoms. The van der Waals surface area contributed by atoms with Crippen LogP contribution in [0.1, 0.15) is 65.5 Å². The smallest absolute Gasteiger partial charge is 0.175 e. The van der Waals surface area contributed by atoms with Crippen molar-refractivity contribution >= 4 is 21.7 Å². The lowest BCUT2D eigenvalue weighted by Crippen LogP contribution is -2.49. The first-order valence-corrected chi connectivity index (χ1v) is 15.3. The number of fused-ring (bicyclic) bond motifs is 1. The van der Waals surface area contributed by atoms with Crippen molar-refractivity contribution in [2.75, 3.05) is 12.8 Å². The summed E-state index contributed by atoms with van der Waals surface area (Å²) < 4.78 is 38.5. The summed E-state index contributed by atoms with van der Waals surface area (Å²) >= 11 is 0. The maximum atomic E-state index is 13.8. The highest BCUT2D eigenvalue weighted by Gasteiger charge is 2.45. The van der Waals surface area contributed by atoms with Gasteiger partial charge in [0.25, 0.3) is 0 Å². The molecule has 0 saturated carbocycles. The summed E-state index contributed by atoms with van der Waals surface area (Å²) in [6.07, 6.45) is 5.39. The Labute approximate surface area is 229 Å². The molecule has 0 bridgehead atoms. The summed E-state index contributed by atoms with van der Waals surface area (Å²) in [5.74, 6) is -0.966. The van der Waals surface area contributed by atoms with Crippen molar-refractivity contribution in [2.24, 2.45) is 0 Å². The summed E-state index contributed by atoms with van der Waals surface area (Å²) in [4.78, 5) is 13.9. The monoisotopic (exact) mass is 547 g/mol. The molecule has 1 saturated heterocycles. The van der Waals surface area contributed by atoms with Gasteiger partial charge < -0.3 is 10.4 Å². The van der Waals surface area contributed by atoms with Crippen LogP contribution in [0.2, 0.25) is 0 Å². The summed E-state index contributed by atoms with van der Waals surface area (Å²) in [5.41, 5.74) is 3.46. The van der Waals surface area contributed by atoms with Gasteiger partial charge >= 0.3 is 0 Å². The molecule has 5 rings (SSSR count). The van der Waals surface area contributed by atoms with Crippen LogP contribution in [0.25, 0.3) is 6.08 Å². The third-order valence-electron chi connectivity index (χ3n) is 8.12. The molecule has 0 radical (unpaired) electrons. The van der Waals surface area contributed by atoms with Gasteiger partial charge in [-0.25, -0.2) is 12.8 Å². The standard InChI is InChI=1S/C32H34FNO4S/c1-21-17-25(33)12-14-27(21)29-20-32(36,15-16-34-29)31(23-7-4-3-5-8-23)28-19-24-18-26(39(2,37)38)13-11-22(24)9-6-10-30(28)35/h3-5,7-8,11-14,17-19,29,31,34,36H,6,9-10,15-16,20H2,1-2H3. The van der Waals surface area contributed by atoms with Crippen LogP contribution in [-0.2, 0) is 21.1 Å². The number of hydrogen-bond donors (Lipinski definition) is 2. The summed E-state index contributed by atoms with van der Waals surface area (Å²) in [7, 11) is -3.44. The lowest BCUT2D eigenvalue weighted by atomic mass is 9.68. The van der Waals surface area contributed by atoms with E-state index in [4.69, 9.17) is 0 Å². The molecule has 3 aromatic rings. The van der Waals surface area contributed by atoms with Gasteiger partial charge in [0.05, 0.1) is 10.5 Å². The maximum Gasteiger partial charge on any atom is 0.175 e. The average molecular weight is 548 g/mol. The fraction of sp³-hybridized carbons (Fsp3) is 0.344. The highest BCUT2D eigenvalue weighted by molar-refractivity contribution is 7.90.